The number of benzene rings is 1. The van der Waals surface area contributed by atoms with E-state index in [4.69, 9.17) is 4.74 Å². The van der Waals surface area contributed by atoms with Crippen molar-refractivity contribution in [2.24, 2.45) is 0 Å². The van der Waals surface area contributed by atoms with Gasteiger partial charge in [0, 0.05) is 6.07 Å². The molecule has 20 heavy (non-hydrogen) atoms. The first-order chi connectivity index (χ1) is 9.34. The smallest absolute Gasteiger partial charge is 0.329 e. The fourth-order valence-electron chi connectivity index (χ4n) is 1.57. The molecule has 0 bridgehead atoms. The molecule has 0 fully saturated rings. The summed E-state index contributed by atoms with van der Waals surface area (Å²) >= 11 is 0. The van der Waals surface area contributed by atoms with E-state index in [2.05, 4.69) is 10.1 Å². The average molecular weight is 282 g/mol. The number of hydrogen-bond donors (Lipinski definition) is 1. The minimum Gasteiger partial charge on any atom is -0.484 e. The minimum absolute atomic E-state index is 0.0833. The summed E-state index contributed by atoms with van der Waals surface area (Å²) in [5, 5.41) is 13.8. The van der Waals surface area contributed by atoms with Crippen LogP contribution in [0.5, 0.6) is 5.75 Å². The molecule has 1 atom stereocenters. The second-order valence-electron chi connectivity index (χ2n) is 4.59. The van der Waals surface area contributed by atoms with Crippen LogP contribution in [0.1, 0.15) is 12.5 Å². The monoisotopic (exact) mass is 282 g/mol. The first-order valence-corrected chi connectivity index (χ1v) is 5.99. The molecule has 1 aromatic carbocycles. The maximum atomic E-state index is 11.7. The van der Waals surface area contributed by atoms with Crippen molar-refractivity contribution in [3.05, 3.63) is 33.9 Å². The predicted octanol–water partition coefficient (Wildman–Crippen LogP) is 1.43. The van der Waals surface area contributed by atoms with E-state index in [-0.39, 0.29) is 18.0 Å². The number of likely N-dealkylation sites (N-methyl/N-ethyl adjacent to an activating group) is 1. The molecule has 0 heterocycles. The van der Waals surface area contributed by atoms with E-state index in [0.717, 1.165) is 5.56 Å². The van der Waals surface area contributed by atoms with E-state index >= 15 is 0 Å². The summed E-state index contributed by atoms with van der Waals surface area (Å²) in [7, 11) is 2.86. The first kappa shape index (κ1) is 15.9. The zero-order valence-electron chi connectivity index (χ0n) is 11.9. The molecule has 0 aromatic heterocycles. The molecule has 1 rings (SSSR count). The van der Waals surface area contributed by atoms with Gasteiger partial charge in [-0.05, 0) is 32.5 Å². The minimum atomic E-state index is -1.08. The third kappa shape index (κ3) is 3.45. The summed E-state index contributed by atoms with van der Waals surface area (Å²) in [5.41, 5.74) is -0.449. The first-order valence-electron chi connectivity index (χ1n) is 5.99. The molecule has 0 aliphatic heterocycles. The SMILES string of the molecule is CNC(C)(COc1ccc(C)cc1[N+](=O)[O-])C(=O)OC. The zero-order valence-corrected chi connectivity index (χ0v) is 11.9. The van der Waals surface area contributed by atoms with E-state index in [1.807, 2.05) is 0 Å². The number of carbonyl (C=O) groups excluding carboxylic acids is 1. The maximum absolute atomic E-state index is 11.7. The van der Waals surface area contributed by atoms with Gasteiger partial charge < -0.3 is 14.8 Å². The van der Waals surface area contributed by atoms with Crippen LogP contribution in [0.3, 0.4) is 0 Å². The molecule has 1 unspecified atom stereocenters. The summed E-state index contributed by atoms with van der Waals surface area (Å²) < 4.78 is 10.1. The van der Waals surface area contributed by atoms with Gasteiger partial charge in [0.15, 0.2) is 5.75 Å². The van der Waals surface area contributed by atoms with Crippen LogP contribution in [0.15, 0.2) is 18.2 Å². The summed E-state index contributed by atoms with van der Waals surface area (Å²) in [5.74, 6) is -0.388. The van der Waals surface area contributed by atoms with Crippen molar-refractivity contribution in [2.45, 2.75) is 19.4 Å². The second-order valence-corrected chi connectivity index (χ2v) is 4.59. The highest BCUT2D eigenvalue weighted by Crippen LogP contribution is 2.28. The van der Waals surface area contributed by atoms with E-state index in [9.17, 15) is 14.9 Å². The number of nitro benzene ring substituents is 1. The highest BCUT2D eigenvalue weighted by molar-refractivity contribution is 5.80. The number of aryl methyl sites for hydroxylation is 1. The van der Waals surface area contributed by atoms with Crippen LogP contribution < -0.4 is 10.1 Å². The molecule has 7 nitrogen and oxygen atoms in total. The fraction of sp³-hybridized carbons (Fsp3) is 0.462. The lowest BCUT2D eigenvalue weighted by atomic mass is 10.1. The number of ether oxygens (including phenoxy) is 2. The highest BCUT2D eigenvalue weighted by Gasteiger charge is 2.34. The van der Waals surface area contributed by atoms with Gasteiger partial charge in [-0.3, -0.25) is 10.1 Å². The Morgan fingerprint density at radius 1 is 1.50 bits per heavy atom. The maximum Gasteiger partial charge on any atom is 0.329 e. The number of nitrogens with one attached hydrogen (secondary N) is 1. The number of carbonyl (C=O) groups is 1. The lowest BCUT2D eigenvalue weighted by Gasteiger charge is -2.25. The van der Waals surface area contributed by atoms with Crippen molar-refractivity contribution in [3.8, 4) is 5.75 Å². The highest BCUT2D eigenvalue weighted by atomic mass is 16.6. The Morgan fingerprint density at radius 2 is 2.15 bits per heavy atom. The van der Waals surface area contributed by atoms with Crippen LogP contribution in [0.25, 0.3) is 0 Å². The zero-order chi connectivity index (χ0) is 15.3. The number of methoxy groups -OCH3 is 1. The number of esters is 1. The Morgan fingerprint density at radius 3 is 2.65 bits per heavy atom. The normalized spacial score (nSPS) is 13.4. The molecule has 0 spiro atoms. The summed E-state index contributed by atoms with van der Waals surface area (Å²) in [4.78, 5) is 22.1. The molecule has 1 N–H and O–H groups in total. The van der Waals surface area contributed by atoms with E-state index in [1.165, 1.54) is 19.2 Å². The Labute approximate surface area is 117 Å². The quantitative estimate of drug-likeness (QED) is 0.482. The van der Waals surface area contributed by atoms with Crippen molar-refractivity contribution in [1.29, 1.82) is 0 Å². The fourth-order valence-corrected chi connectivity index (χ4v) is 1.57. The van der Waals surface area contributed by atoms with Crippen LogP contribution in [0.4, 0.5) is 5.69 Å². The number of hydrogen-bond acceptors (Lipinski definition) is 6. The van der Waals surface area contributed by atoms with E-state index < -0.39 is 16.4 Å². The third-order valence-corrected chi connectivity index (χ3v) is 3.02. The molecule has 0 saturated carbocycles. The topological polar surface area (TPSA) is 90.7 Å². The van der Waals surface area contributed by atoms with Gasteiger partial charge >= 0.3 is 11.7 Å². The van der Waals surface area contributed by atoms with Crippen LogP contribution in [0, 0.1) is 17.0 Å². The van der Waals surface area contributed by atoms with Crippen LogP contribution in [-0.2, 0) is 9.53 Å². The third-order valence-electron chi connectivity index (χ3n) is 3.02. The molecule has 1 aromatic rings. The van der Waals surface area contributed by atoms with Crippen LogP contribution in [0.2, 0.25) is 0 Å². The largest absolute Gasteiger partial charge is 0.484 e. The Kier molecular flexibility index (Phi) is 5.04. The van der Waals surface area contributed by atoms with Crippen molar-refractivity contribution in [2.75, 3.05) is 20.8 Å². The van der Waals surface area contributed by atoms with Gasteiger partial charge in [0.25, 0.3) is 0 Å². The van der Waals surface area contributed by atoms with Gasteiger partial charge in [-0.2, -0.15) is 0 Å². The number of nitro groups is 1. The van der Waals surface area contributed by atoms with Gasteiger partial charge in [-0.1, -0.05) is 6.07 Å². The molecule has 110 valence electrons. The molecule has 7 heteroatoms. The number of nitrogens with zero attached hydrogens (tertiary/aromatic N) is 1. The summed E-state index contributed by atoms with van der Waals surface area (Å²) in [6.07, 6.45) is 0. The van der Waals surface area contributed by atoms with Gasteiger partial charge in [0.2, 0.25) is 0 Å². The van der Waals surface area contributed by atoms with E-state index in [0.29, 0.717) is 0 Å². The lowest BCUT2D eigenvalue weighted by molar-refractivity contribution is -0.386. The molecule has 0 aliphatic rings. The van der Waals surface area contributed by atoms with Gasteiger partial charge in [-0.15, -0.1) is 0 Å². The summed E-state index contributed by atoms with van der Waals surface area (Å²) in [6, 6.07) is 4.64. The van der Waals surface area contributed by atoms with Crippen molar-refractivity contribution >= 4 is 11.7 Å². The van der Waals surface area contributed by atoms with E-state index in [1.54, 1.807) is 27.0 Å². The average Bonchev–Trinajstić information content (AvgIpc) is 2.44. The van der Waals surface area contributed by atoms with Gasteiger partial charge in [0.1, 0.15) is 12.1 Å². The molecular formula is C13H18N2O5. The van der Waals surface area contributed by atoms with Crippen LogP contribution >= 0.6 is 0 Å². The molecule has 0 aliphatic carbocycles. The van der Waals surface area contributed by atoms with Crippen LogP contribution in [-0.4, -0.2) is 37.2 Å². The Bertz CT molecular complexity index is 517. The van der Waals surface area contributed by atoms with Crippen molar-refractivity contribution < 1.29 is 19.2 Å². The molecule has 0 radical (unpaired) electrons. The number of rotatable bonds is 6. The molecular weight excluding hydrogens is 264 g/mol. The second kappa shape index (κ2) is 6.33. The Hall–Kier alpha value is -2.15. The lowest BCUT2D eigenvalue weighted by Crippen LogP contribution is -2.52. The van der Waals surface area contributed by atoms with Crippen molar-refractivity contribution in [1.82, 2.24) is 5.32 Å². The Balaban J connectivity index is 2.94. The molecule has 0 saturated heterocycles. The summed E-state index contributed by atoms with van der Waals surface area (Å²) in [6.45, 7) is 3.27. The molecule has 0 amide bonds. The standard InChI is InChI=1S/C13H18N2O5/c1-9-5-6-11(10(7-9)15(17)18)20-8-13(2,14-3)12(16)19-4/h5-7,14H,8H2,1-4H3. The van der Waals surface area contributed by atoms with Crippen molar-refractivity contribution in [3.63, 3.8) is 0 Å². The van der Waals surface area contributed by atoms with Gasteiger partial charge in [0.05, 0.1) is 12.0 Å². The van der Waals surface area contributed by atoms with Gasteiger partial charge in [-0.25, -0.2) is 4.79 Å². The predicted molar refractivity (Wildman–Crippen MR) is 72.8 cm³/mol.